The van der Waals surface area contributed by atoms with Crippen molar-refractivity contribution in [3.8, 4) is 16.9 Å². The number of urea groups is 1. The third-order valence-electron chi connectivity index (χ3n) is 3.90. The minimum Gasteiger partial charge on any atom is -0.322 e. The lowest BCUT2D eigenvalue weighted by Crippen LogP contribution is -2.22. The molecule has 6 heteroatoms. The molecule has 4 rings (SSSR count). The lowest BCUT2D eigenvalue weighted by Gasteiger charge is -2.07. The third-order valence-corrected chi connectivity index (χ3v) is 3.90. The second kappa shape index (κ2) is 5.66. The minimum atomic E-state index is -0.745. The first-order valence-corrected chi connectivity index (χ1v) is 7.54. The van der Waals surface area contributed by atoms with Crippen LogP contribution in [-0.4, -0.2) is 21.7 Å². The molecular weight excluding hydrogens is 304 g/mol. The van der Waals surface area contributed by atoms with Crippen molar-refractivity contribution in [3.63, 3.8) is 0 Å². The van der Waals surface area contributed by atoms with Crippen LogP contribution >= 0.6 is 0 Å². The van der Waals surface area contributed by atoms with Gasteiger partial charge in [0.2, 0.25) is 0 Å². The topological polar surface area (TPSA) is 76.0 Å². The van der Waals surface area contributed by atoms with E-state index >= 15 is 0 Å². The standard InChI is InChI=1S/C18H14N4O2/c23-17-16(19-18(24)20-17)14-11-22(13-9-5-2-6-10-13)21-15(14)12-7-3-1-4-8-12/h1-11,16H,(H2,19,20,23,24). The summed E-state index contributed by atoms with van der Waals surface area (Å²) in [5.74, 6) is -0.371. The smallest absolute Gasteiger partial charge is 0.322 e. The number of nitrogens with zero attached hydrogens (tertiary/aromatic N) is 2. The number of hydrogen-bond donors (Lipinski definition) is 2. The van der Waals surface area contributed by atoms with Crippen LogP contribution in [0.1, 0.15) is 11.6 Å². The predicted molar refractivity (Wildman–Crippen MR) is 88.4 cm³/mol. The molecular formula is C18H14N4O2. The quantitative estimate of drug-likeness (QED) is 0.728. The Balaban J connectivity index is 1.86. The second-order valence-electron chi connectivity index (χ2n) is 5.47. The monoisotopic (exact) mass is 318 g/mol. The van der Waals surface area contributed by atoms with Gasteiger partial charge in [-0.3, -0.25) is 10.1 Å². The van der Waals surface area contributed by atoms with Crippen molar-refractivity contribution in [1.29, 1.82) is 0 Å². The van der Waals surface area contributed by atoms with E-state index in [0.717, 1.165) is 11.3 Å². The van der Waals surface area contributed by atoms with Gasteiger partial charge < -0.3 is 5.32 Å². The fraction of sp³-hybridized carbons (Fsp3) is 0.0556. The molecule has 0 radical (unpaired) electrons. The van der Waals surface area contributed by atoms with Crippen LogP contribution in [0.25, 0.3) is 16.9 Å². The van der Waals surface area contributed by atoms with Crippen molar-refractivity contribution >= 4 is 11.9 Å². The van der Waals surface area contributed by atoms with Crippen LogP contribution in [0.2, 0.25) is 0 Å². The summed E-state index contributed by atoms with van der Waals surface area (Å²) >= 11 is 0. The number of imide groups is 1. The number of aromatic nitrogens is 2. The molecule has 0 spiro atoms. The van der Waals surface area contributed by atoms with Crippen LogP contribution in [0.3, 0.4) is 0 Å². The van der Waals surface area contributed by atoms with Crippen molar-refractivity contribution < 1.29 is 9.59 Å². The number of benzene rings is 2. The lowest BCUT2D eigenvalue weighted by atomic mass is 10.0. The Hall–Kier alpha value is -3.41. The molecule has 1 fully saturated rings. The number of carbonyl (C=O) groups is 2. The summed E-state index contributed by atoms with van der Waals surface area (Å²) in [5, 5.41) is 9.55. The van der Waals surface area contributed by atoms with Crippen molar-refractivity contribution in [1.82, 2.24) is 20.4 Å². The molecule has 24 heavy (non-hydrogen) atoms. The van der Waals surface area contributed by atoms with Gasteiger partial charge in [0.05, 0.1) is 11.4 Å². The Morgan fingerprint density at radius 3 is 2.21 bits per heavy atom. The highest BCUT2D eigenvalue weighted by Crippen LogP contribution is 2.29. The molecule has 3 amide bonds. The molecule has 118 valence electrons. The molecule has 1 aliphatic rings. The number of amides is 3. The number of nitrogens with one attached hydrogen (secondary N) is 2. The van der Waals surface area contributed by atoms with Crippen LogP contribution in [0, 0.1) is 0 Å². The fourth-order valence-electron chi connectivity index (χ4n) is 2.77. The largest absolute Gasteiger partial charge is 0.322 e. The Bertz CT molecular complexity index is 903. The molecule has 3 aromatic rings. The van der Waals surface area contributed by atoms with Crippen LogP contribution in [0.4, 0.5) is 4.79 Å². The summed E-state index contributed by atoms with van der Waals surface area (Å²) in [6, 6.07) is 18.0. The van der Waals surface area contributed by atoms with E-state index in [9.17, 15) is 9.59 Å². The van der Waals surface area contributed by atoms with Gasteiger partial charge in [-0.25, -0.2) is 9.48 Å². The number of hydrogen-bond acceptors (Lipinski definition) is 3. The zero-order chi connectivity index (χ0) is 16.5. The average molecular weight is 318 g/mol. The van der Waals surface area contributed by atoms with Crippen molar-refractivity contribution in [3.05, 3.63) is 72.4 Å². The molecule has 1 unspecified atom stereocenters. The Labute approximate surface area is 138 Å². The molecule has 2 heterocycles. The highest BCUT2D eigenvalue weighted by molar-refractivity contribution is 6.05. The van der Waals surface area contributed by atoms with Crippen molar-refractivity contribution in [2.75, 3.05) is 0 Å². The number of rotatable bonds is 3. The first-order valence-electron chi connectivity index (χ1n) is 7.54. The molecule has 2 aromatic carbocycles. The molecule has 1 aromatic heterocycles. The minimum absolute atomic E-state index is 0.371. The van der Waals surface area contributed by atoms with Gasteiger partial charge in [0.25, 0.3) is 5.91 Å². The number of carbonyl (C=O) groups excluding carboxylic acids is 2. The normalized spacial score (nSPS) is 16.8. The second-order valence-corrected chi connectivity index (χ2v) is 5.47. The Morgan fingerprint density at radius 1 is 0.917 bits per heavy atom. The molecule has 1 aliphatic heterocycles. The highest BCUT2D eigenvalue weighted by atomic mass is 16.2. The molecule has 1 atom stereocenters. The predicted octanol–water partition coefficient (Wildman–Crippen LogP) is 2.42. The highest BCUT2D eigenvalue weighted by Gasteiger charge is 2.34. The van der Waals surface area contributed by atoms with Gasteiger partial charge in [-0.15, -0.1) is 0 Å². The first kappa shape index (κ1) is 14.2. The summed E-state index contributed by atoms with van der Waals surface area (Å²) in [6.07, 6.45) is 1.79. The van der Waals surface area contributed by atoms with Crippen LogP contribution < -0.4 is 10.6 Å². The maximum atomic E-state index is 12.1. The van der Waals surface area contributed by atoms with Crippen LogP contribution in [0.15, 0.2) is 66.9 Å². The number of para-hydroxylation sites is 1. The third kappa shape index (κ3) is 2.44. The maximum absolute atomic E-state index is 12.1. The zero-order valence-corrected chi connectivity index (χ0v) is 12.6. The zero-order valence-electron chi connectivity index (χ0n) is 12.6. The Morgan fingerprint density at radius 2 is 1.58 bits per heavy atom. The van der Waals surface area contributed by atoms with Gasteiger partial charge in [-0.05, 0) is 12.1 Å². The Kier molecular flexibility index (Phi) is 3.35. The SMILES string of the molecule is O=C1NC(=O)C(c2cn(-c3ccccc3)nc2-c2ccccc2)N1. The van der Waals surface area contributed by atoms with E-state index in [0.29, 0.717) is 11.3 Å². The van der Waals surface area contributed by atoms with Crippen molar-refractivity contribution in [2.45, 2.75) is 6.04 Å². The summed E-state index contributed by atoms with van der Waals surface area (Å²) in [5.41, 5.74) is 3.09. The van der Waals surface area contributed by atoms with Gasteiger partial charge in [0.1, 0.15) is 6.04 Å². The van der Waals surface area contributed by atoms with E-state index in [2.05, 4.69) is 15.7 Å². The molecule has 6 nitrogen and oxygen atoms in total. The molecule has 0 saturated carbocycles. The van der Waals surface area contributed by atoms with Gasteiger partial charge >= 0.3 is 6.03 Å². The van der Waals surface area contributed by atoms with Gasteiger partial charge in [-0.1, -0.05) is 48.5 Å². The van der Waals surface area contributed by atoms with E-state index < -0.39 is 12.1 Å². The first-order chi connectivity index (χ1) is 11.7. The summed E-state index contributed by atoms with van der Waals surface area (Å²) in [4.78, 5) is 23.6. The summed E-state index contributed by atoms with van der Waals surface area (Å²) in [6.45, 7) is 0. The fourth-order valence-corrected chi connectivity index (χ4v) is 2.77. The van der Waals surface area contributed by atoms with E-state index in [-0.39, 0.29) is 5.91 Å². The van der Waals surface area contributed by atoms with Crippen LogP contribution in [0.5, 0.6) is 0 Å². The molecule has 0 aliphatic carbocycles. The van der Waals surface area contributed by atoms with Gasteiger partial charge in [0, 0.05) is 17.3 Å². The van der Waals surface area contributed by atoms with Gasteiger partial charge in [-0.2, -0.15) is 5.10 Å². The molecule has 2 N–H and O–H groups in total. The molecule has 0 bridgehead atoms. The van der Waals surface area contributed by atoms with Gasteiger partial charge in [0.15, 0.2) is 0 Å². The van der Waals surface area contributed by atoms with E-state index in [1.807, 2.05) is 60.7 Å². The summed E-state index contributed by atoms with van der Waals surface area (Å²) in [7, 11) is 0. The molecule has 1 saturated heterocycles. The van der Waals surface area contributed by atoms with E-state index in [1.54, 1.807) is 10.9 Å². The van der Waals surface area contributed by atoms with Crippen molar-refractivity contribution in [2.24, 2.45) is 0 Å². The average Bonchev–Trinajstić information content (AvgIpc) is 3.19. The van der Waals surface area contributed by atoms with E-state index in [1.165, 1.54) is 0 Å². The van der Waals surface area contributed by atoms with E-state index in [4.69, 9.17) is 0 Å². The summed E-state index contributed by atoms with van der Waals surface area (Å²) < 4.78 is 1.72. The lowest BCUT2D eigenvalue weighted by molar-refractivity contribution is -0.120. The van der Waals surface area contributed by atoms with Crippen LogP contribution in [-0.2, 0) is 4.79 Å². The maximum Gasteiger partial charge on any atom is 0.322 e.